The third-order valence-electron chi connectivity index (χ3n) is 6.39. The molecule has 0 aliphatic heterocycles. The van der Waals surface area contributed by atoms with E-state index in [9.17, 15) is 19.2 Å². The molecule has 8 nitrogen and oxygen atoms in total. The summed E-state index contributed by atoms with van der Waals surface area (Å²) in [7, 11) is 0. The summed E-state index contributed by atoms with van der Waals surface area (Å²) in [5, 5.41) is 0. The summed E-state index contributed by atoms with van der Waals surface area (Å²) >= 11 is 0. The summed E-state index contributed by atoms with van der Waals surface area (Å²) in [6.07, 6.45) is 10.3. The average Bonchev–Trinajstić information content (AvgIpc) is 2.87. The Balaban J connectivity index is 1.98. The maximum absolute atomic E-state index is 12.0. The topological polar surface area (TPSA) is 105 Å². The smallest absolute Gasteiger partial charge is 0.333 e. The van der Waals surface area contributed by atoms with Crippen molar-refractivity contribution >= 4 is 23.9 Å². The van der Waals surface area contributed by atoms with Gasteiger partial charge in [-0.05, 0) is 83.5 Å². The Kier molecular flexibility index (Phi) is 17.0. The van der Waals surface area contributed by atoms with Gasteiger partial charge in [-0.3, -0.25) is 9.59 Å². The van der Waals surface area contributed by atoms with Crippen LogP contribution in [0.25, 0.3) is 0 Å². The van der Waals surface area contributed by atoms with Crippen LogP contribution in [0.5, 0.6) is 0 Å². The first-order valence-corrected chi connectivity index (χ1v) is 13.7. The van der Waals surface area contributed by atoms with Gasteiger partial charge >= 0.3 is 23.9 Å². The van der Waals surface area contributed by atoms with Crippen molar-refractivity contribution in [3.63, 3.8) is 0 Å². The number of hydrogen-bond donors (Lipinski definition) is 0. The molecule has 0 aromatic rings. The summed E-state index contributed by atoms with van der Waals surface area (Å²) in [6.45, 7) is 11.9. The van der Waals surface area contributed by atoms with Crippen LogP contribution in [0.15, 0.2) is 24.3 Å². The van der Waals surface area contributed by atoms with E-state index >= 15 is 0 Å². The van der Waals surface area contributed by atoms with Gasteiger partial charge in [-0.1, -0.05) is 26.0 Å². The van der Waals surface area contributed by atoms with E-state index in [2.05, 4.69) is 13.2 Å². The van der Waals surface area contributed by atoms with E-state index in [0.29, 0.717) is 68.7 Å². The molecule has 0 unspecified atom stereocenters. The van der Waals surface area contributed by atoms with Gasteiger partial charge in [0.25, 0.3) is 0 Å². The molecule has 0 spiro atoms. The molecular weight excluding hydrogens is 476 g/mol. The number of ether oxygens (including phenoxy) is 4. The Morgan fingerprint density at radius 3 is 1.30 bits per heavy atom. The van der Waals surface area contributed by atoms with E-state index < -0.39 is 0 Å². The molecule has 1 saturated carbocycles. The quantitative estimate of drug-likeness (QED) is 0.0930. The van der Waals surface area contributed by atoms with E-state index in [1.807, 2.05) is 0 Å². The summed E-state index contributed by atoms with van der Waals surface area (Å²) < 4.78 is 21.0. The van der Waals surface area contributed by atoms with Crippen molar-refractivity contribution in [1.29, 1.82) is 0 Å². The van der Waals surface area contributed by atoms with Crippen LogP contribution in [0.3, 0.4) is 0 Å². The van der Waals surface area contributed by atoms with Gasteiger partial charge in [0, 0.05) is 24.0 Å². The zero-order valence-electron chi connectivity index (χ0n) is 22.9. The fourth-order valence-electron chi connectivity index (χ4n) is 3.98. The largest absolute Gasteiger partial charge is 0.465 e. The molecular formula is C29H46O8. The van der Waals surface area contributed by atoms with Crippen LogP contribution in [0.4, 0.5) is 0 Å². The Labute approximate surface area is 222 Å². The maximum atomic E-state index is 12.0. The van der Waals surface area contributed by atoms with Crippen LogP contribution in [-0.4, -0.2) is 50.3 Å². The number of carbonyl (C=O) groups excluding carboxylic acids is 4. The molecule has 210 valence electrons. The van der Waals surface area contributed by atoms with Crippen molar-refractivity contribution in [3.05, 3.63) is 24.3 Å². The van der Waals surface area contributed by atoms with Crippen molar-refractivity contribution in [2.24, 2.45) is 11.8 Å². The molecule has 1 aliphatic carbocycles. The minimum atomic E-state index is -0.378. The highest BCUT2D eigenvalue weighted by Crippen LogP contribution is 2.29. The Morgan fingerprint density at radius 1 is 0.568 bits per heavy atom. The van der Waals surface area contributed by atoms with Gasteiger partial charge in [0.1, 0.15) is 0 Å². The highest BCUT2D eigenvalue weighted by Gasteiger charge is 2.23. The molecule has 0 N–H and O–H groups in total. The standard InChI is InChI=1S/C29H46O8/c1-22(2)28(32)34-18-10-6-5-8-12-26(30)36-20-24-14-16-25(17-15-24)21-37-27(31)13-9-7-11-19-35-29(33)23(3)4/h24-25H,1,3,5-21H2,2,4H3. The molecule has 0 atom stereocenters. The summed E-state index contributed by atoms with van der Waals surface area (Å²) in [6, 6.07) is 0. The van der Waals surface area contributed by atoms with Crippen LogP contribution in [0.2, 0.25) is 0 Å². The van der Waals surface area contributed by atoms with E-state index in [0.717, 1.165) is 64.2 Å². The van der Waals surface area contributed by atoms with Gasteiger partial charge < -0.3 is 18.9 Å². The van der Waals surface area contributed by atoms with Crippen molar-refractivity contribution < 1.29 is 38.1 Å². The first kappa shape index (κ1) is 32.4. The lowest BCUT2D eigenvalue weighted by molar-refractivity contribution is -0.147. The number of carbonyl (C=O) groups is 4. The summed E-state index contributed by atoms with van der Waals surface area (Å²) in [5.41, 5.74) is 0.791. The maximum Gasteiger partial charge on any atom is 0.333 e. The van der Waals surface area contributed by atoms with Crippen LogP contribution >= 0.6 is 0 Å². The van der Waals surface area contributed by atoms with E-state index in [1.165, 1.54) is 0 Å². The fraction of sp³-hybridized carbons (Fsp3) is 0.724. The molecule has 0 amide bonds. The van der Waals surface area contributed by atoms with Crippen molar-refractivity contribution in [3.8, 4) is 0 Å². The van der Waals surface area contributed by atoms with Crippen LogP contribution < -0.4 is 0 Å². The molecule has 8 heteroatoms. The van der Waals surface area contributed by atoms with Crippen molar-refractivity contribution in [2.45, 2.75) is 97.3 Å². The molecule has 37 heavy (non-hydrogen) atoms. The highest BCUT2D eigenvalue weighted by atomic mass is 16.5. The van der Waals surface area contributed by atoms with Crippen LogP contribution in [0, 0.1) is 11.8 Å². The lowest BCUT2D eigenvalue weighted by Crippen LogP contribution is -2.23. The zero-order valence-corrected chi connectivity index (χ0v) is 22.9. The molecule has 0 aromatic carbocycles. The fourth-order valence-corrected chi connectivity index (χ4v) is 3.98. The molecule has 0 heterocycles. The summed E-state index contributed by atoms with van der Waals surface area (Å²) in [4.78, 5) is 46.5. The monoisotopic (exact) mass is 522 g/mol. The van der Waals surface area contributed by atoms with Crippen LogP contribution in [0.1, 0.15) is 97.3 Å². The highest BCUT2D eigenvalue weighted by molar-refractivity contribution is 5.87. The van der Waals surface area contributed by atoms with Gasteiger partial charge in [-0.15, -0.1) is 0 Å². The van der Waals surface area contributed by atoms with Gasteiger partial charge in [0.2, 0.25) is 0 Å². The van der Waals surface area contributed by atoms with E-state index in [4.69, 9.17) is 18.9 Å². The number of hydrogen-bond acceptors (Lipinski definition) is 8. The van der Waals surface area contributed by atoms with Gasteiger partial charge in [-0.2, -0.15) is 0 Å². The predicted octanol–water partition coefficient (Wildman–Crippen LogP) is 5.63. The van der Waals surface area contributed by atoms with E-state index in [1.54, 1.807) is 13.8 Å². The Bertz CT molecular complexity index is 749. The number of esters is 4. The minimum Gasteiger partial charge on any atom is -0.465 e. The molecule has 1 aliphatic rings. The second-order valence-electron chi connectivity index (χ2n) is 10.1. The van der Waals surface area contributed by atoms with E-state index in [-0.39, 0.29) is 23.9 Å². The normalized spacial score (nSPS) is 16.9. The molecule has 0 aromatic heterocycles. The second kappa shape index (κ2) is 19.5. The molecule has 1 rings (SSSR count). The molecule has 0 saturated heterocycles. The molecule has 0 radical (unpaired) electrons. The molecule has 1 fully saturated rings. The third kappa shape index (κ3) is 16.7. The average molecular weight is 523 g/mol. The lowest BCUT2D eigenvalue weighted by atomic mass is 9.83. The minimum absolute atomic E-state index is 0.154. The van der Waals surface area contributed by atoms with Crippen LogP contribution in [-0.2, 0) is 38.1 Å². The predicted molar refractivity (Wildman–Crippen MR) is 140 cm³/mol. The SMILES string of the molecule is C=C(C)C(=O)OCCCCCCC(=O)OCC1CCC(COC(=O)CCCCCOC(=O)C(=C)C)CC1. The number of unbranched alkanes of at least 4 members (excludes halogenated alkanes) is 5. The second-order valence-corrected chi connectivity index (χ2v) is 10.1. The Morgan fingerprint density at radius 2 is 0.919 bits per heavy atom. The first-order chi connectivity index (χ1) is 17.7. The van der Waals surface area contributed by atoms with Crippen molar-refractivity contribution in [1.82, 2.24) is 0 Å². The zero-order chi connectivity index (χ0) is 27.5. The van der Waals surface area contributed by atoms with Gasteiger partial charge in [-0.25, -0.2) is 9.59 Å². The van der Waals surface area contributed by atoms with Gasteiger partial charge in [0.05, 0.1) is 26.4 Å². The lowest BCUT2D eigenvalue weighted by Gasteiger charge is -2.27. The Hall–Kier alpha value is -2.64. The van der Waals surface area contributed by atoms with Crippen molar-refractivity contribution in [2.75, 3.05) is 26.4 Å². The van der Waals surface area contributed by atoms with Gasteiger partial charge in [0.15, 0.2) is 0 Å². The first-order valence-electron chi connectivity index (χ1n) is 13.7. The molecule has 0 bridgehead atoms. The number of rotatable bonds is 19. The third-order valence-corrected chi connectivity index (χ3v) is 6.39. The summed E-state index contributed by atoms with van der Waals surface area (Å²) in [5.74, 6) is -0.328.